The second-order valence-corrected chi connectivity index (χ2v) is 4.79. The third-order valence-electron chi connectivity index (χ3n) is 3.71. The molecule has 0 aliphatic heterocycles. The highest BCUT2D eigenvalue weighted by molar-refractivity contribution is 5.88. The van der Waals surface area contributed by atoms with Crippen molar-refractivity contribution in [3.05, 3.63) is 39.3 Å². The van der Waals surface area contributed by atoms with Gasteiger partial charge >= 0.3 is 6.18 Å². The summed E-state index contributed by atoms with van der Waals surface area (Å²) in [5.74, 6) is 0. The Bertz CT molecular complexity index is 719. The van der Waals surface area contributed by atoms with Gasteiger partial charge in [-0.15, -0.1) is 0 Å². The van der Waals surface area contributed by atoms with Crippen molar-refractivity contribution in [2.75, 3.05) is 0 Å². The van der Waals surface area contributed by atoms with Crippen molar-refractivity contribution in [3.8, 4) is 0 Å². The Morgan fingerprint density at radius 3 is 2.55 bits per heavy atom. The van der Waals surface area contributed by atoms with Gasteiger partial charge in [0.1, 0.15) is 11.6 Å². The standard InChI is InChI=1S/C11H8F3N3O3/c12-11(13,14)10(2-3-10)6-5-15-9-8(6)7(17(19)20)1-4-16(9)18/h1,4-5,15H,2-3H2. The van der Waals surface area contributed by atoms with Gasteiger partial charge in [-0.1, -0.05) is 0 Å². The minimum absolute atomic E-state index is 0.131. The van der Waals surface area contributed by atoms with E-state index in [1.165, 1.54) is 0 Å². The second kappa shape index (κ2) is 3.62. The SMILES string of the molecule is O=[N+]([O-])c1cc[n+]([O-])c2[nH]cc(C3(C(F)(F)F)CC3)c12. The molecule has 2 aromatic heterocycles. The van der Waals surface area contributed by atoms with E-state index in [-0.39, 0.29) is 34.2 Å². The molecule has 0 radical (unpaired) electrons. The fourth-order valence-corrected chi connectivity index (χ4v) is 2.50. The lowest BCUT2D eigenvalue weighted by Gasteiger charge is -2.17. The Labute approximate surface area is 109 Å². The zero-order chi connectivity index (χ0) is 14.7. The third kappa shape index (κ3) is 1.49. The Kier molecular flexibility index (Phi) is 2.30. The van der Waals surface area contributed by atoms with Crippen LogP contribution in [0.5, 0.6) is 0 Å². The lowest BCUT2D eigenvalue weighted by atomic mass is 9.95. The number of aromatic amines is 1. The molecule has 0 unspecified atom stereocenters. The maximum Gasteiger partial charge on any atom is 0.398 e. The van der Waals surface area contributed by atoms with Crippen LogP contribution in [-0.2, 0) is 5.41 Å². The van der Waals surface area contributed by atoms with E-state index in [1.54, 1.807) is 0 Å². The molecular formula is C11H8F3N3O3. The quantitative estimate of drug-likeness (QED) is 0.398. The first-order valence-electron chi connectivity index (χ1n) is 5.73. The summed E-state index contributed by atoms with van der Waals surface area (Å²) in [6.07, 6.45) is -2.82. The summed E-state index contributed by atoms with van der Waals surface area (Å²) in [5, 5.41) is 22.3. The first kappa shape index (κ1) is 12.7. The molecule has 0 aromatic carbocycles. The Hall–Kier alpha value is -2.32. The van der Waals surface area contributed by atoms with Crippen molar-refractivity contribution in [1.29, 1.82) is 0 Å². The number of rotatable bonds is 2. The predicted molar refractivity (Wildman–Crippen MR) is 60.9 cm³/mol. The molecule has 1 N–H and O–H groups in total. The van der Waals surface area contributed by atoms with Crippen LogP contribution in [0.1, 0.15) is 18.4 Å². The molecule has 1 aliphatic rings. The number of nitro groups is 1. The van der Waals surface area contributed by atoms with E-state index in [2.05, 4.69) is 4.98 Å². The van der Waals surface area contributed by atoms with E-state index in [0.29, 0.717) is 0 Å². The van der Waals surface area contributed by atoms with Crippen LogP contribution in [0.4, 0.5) is 18.9 Å². The molecular weight excluding hydrogens is 279 g/mol. The maximum absolute atomic E-state index is 13.2. The van der Waals surface area contributed by atoms with Gasteiger partial charge < -0.3 is 5.21 Å². The summed E-state index contributed by atoms with van der Waals surface area (Å²) in [6, 6.07) is 0.916. The number of aromatic nitrogens is 2. The molecule has 9 heteroatoms. The fourth-order valence-electron chi connectivity index (χ4n) is 2.50. The van der Waals surface area contributed by atoms with Gasteiger partial charge in [0.2, 0.25) is 0 Å². The normalized spacial score (nSPS) is 17.4. The summed E-state index contributed by atoms with van der Waals surface area (Å²) in [4.78, 5) is 12.6. The summed E-state index contributed by atoms with van der Waals surface area (Å²) in [6.45, 7) is 0. The Morgan fingerprint density at radius 1 is 1.40 bits per heavy atom. The molecule has 6 nitrogen and oxygen atoms in total. The van der Waals surface area contributed by atoms with Crippen LogP contribution in [-0.4, -0.2) is 16.1 Å². The van der Waals surface area contributed by atoms with Gasteiger partial charge in [0.15, 0.2) is 0 Å². The lowest BCUT2D eigenvalue weighted by molar-refractivity contribution is -0.579. The molecule has 1 fully saturated rings. The van der Waals surface area contributed by atoms with Crippen LogP contribution >= 0.6 is 0 Å². The average molecular weight is 287 g/mol. The van der Waals surface area contributed by atoms with Crippen molar-refractivity contribution >= 4 is 16.7 Å². The average Bonchev–Trinajstić information content (AvgIpc) is 3.04. The number of H-pyrrole nitrogens is 1. The zero-order valence-electron chi connectivity index (χ0n) is 9.90. The molecule has 20 heavy (non-hydrogen) atoms. The first-order chi connectivity index (χ1) is 9.28. The van der Waals surface area contributed by atoms with Crippen LogP contribution in [0.15, 0.2) is 18.5 Å². The van der Waals surface area contributed by atoms with E-state index < -0.39 is 22.2 Å². The van der Waals surface area contributed by atoms with Gasteiger partial charge in [-0.2, -0.15) is 13.2 Å². The number of hydrogen-bond acceptors (Lipinski definition) is 3. The van der Waals surface area contributed by atoms with Gasteiger partial charge in [-0.3, -0.25) is 10.1 Å². The maximum atomic E-state index is 13.2. The molecule has 2 heterocycles. The van der Waals surface area contributed by atoms with Gasteiger partial charge in [-0.05, 0) is 12.8 Å². The Morgan fingerprint density at radius 2 is 2.05 bits per heavy atom. The molecule has 1 aliphatic carbocycles. The van der Waals surface area contributed by atoms with E-state index in [4.69, 9.17) is 0 Å². The number of fused-ring (bicyclic) bond motifs is 1. The second-order valence-electron chi connectivity index (χ2n) is 4.79. The van der Waals surface area contributed by atoms with E-state index >= 15 is 0 Å². The van der Waals surface area contributed by atoms with Crippen LogP contribution in [0, 0.1) is 15.3 Å². The highest BCUT2D eigenvalue weighted by Gasteiger charge is 2.66. The van der Waals surface area contributed by atoms with Crippen molar-refractivity contribution in [3.63, 3.8) is 0 Å². The number of alkyl halides is 3. The van der Waals surface area contributed by atoms with Crippen molar-refractivity contribution in [1.82, 2.24) is 4.98 Å². The molecule has 0 atom stereocenters. The number of halogens is 3. The minimum Gasteiger partial charge on any atom is -0.711 e. The molecule has 106 valence electrons. The van der Waals surface area contributed by atoms with Gasteiger partial charge in [0.05, 0.1) is 22.6 Å². The summed E-state index contributed by atoms with van der Waals surface area (Å²) in [5.41, 5.74) is -3.04. The first-order valence-corrected chi connectivity index (χ1v) is 5.73. The van der Waals surface area contributed by atoms with Gasteiger partial charge in [0.25, 0.3) is 11.3 Å². The van der Waals surface area contributed by atoms with Gasteiger partial charge in [0, 0.05) is 5.56 Å². The molecule has 0 bridgehead atoms. The number of nitrogens with one attached hydrogen (secondary N) is 1. The van der Waals surface area contributed by atoms with Crippen molar-refractivity contribution in [2.45, 2.75) is 24.4 Å². The van der Waals surface area contributed by atoms with E-state index in [9.17, 15) is 28.5 Å². The zero-order valence-corrected chi connectivity index (χ0v) is 9.90. The molecule has 2 aromatic rings. The molecule has 3 rings (SSSR count). The van der Waals surface area contributed by atoms with Crippen LogP contribution in [0.3, 0.4) is 0 Å². The Balaban J connectivity index is 2.34. The van der Waals surface area contributed by atoms with Crippen LogP contribution < -0.4 is 4.73 Å². The number of pyridine rings is 1. The van der Waals surface area contributed by atoms with Crippen LogP contribution in [0.2, 0.25) is 0 Å². The molecule has 0 saturated heterocycles. The highest BCUT2D eigenvalue weighted by atomic mass is 19.4. The summed E-state index contributed by atoms with van der Waals surface area (Å²) >= 11 is 0. The van der Waals surface area contributed by atoms with E-state index in [0.717, 1.165) is 18.5 Å². The number of hydrogen-bond donors (Lipinski definition) is 1. The third-order valence-corrected chi connectivity index (χ3v) is 3.71. The monoisotopic (exact) mass is 287 g/mol. The minimum atomic E-state index is -4.50. The van der Waals surface area contributed by atoms with Crippen molar-refractivity contribution in [2.24, 2.45) is 0 Å². The molecule has 1 saturated carbocycles. The van der Waals surface area contributed by atoms with Crippen molar-refractivity contribution < 1.29 is 22.8 Å². The summed E-state index contributed by atoms with van der Waals surface area (Å²) in [7, 11) is 0. The largest absolute Gasteiger partial charge is 0.711 e. The predicted octanol–water partition coefficient (Wildman–Crippen LogP) is 2.30. The topological polar surface area (TPSA) is 85.9 Å². The highest BCUT2D eigenvalue weighted by Crippen LogP contribution is 2.60. The van der Waals surface area contributed by atoms with Crippen LogP contribution in [0.25, 0.3) is 11.0 Å². The smallest absolute Gasteiger partial charge is 0.398 e. The summed E-state index contributed by atoms with van der Waals surface area (Å²) < 4.78 is 39.7. The fraction of sp³-hybridized carbons (Fsp3) is 0.364. The lowest BCUT2D eigenvalue weighted by Crippen LogP contribution is -2.29. The van der Waals surface area contributed by atoms with E-state index in [1.807, 2.05) is 0 Å². The molecule has 0 amide bonds. The number of nitrogens with zero attached hydrogens (tertiary/aromatic N) is 2. The molecule has 0 spiro atoms. The van der Waals surface area contributed by atoms with Gasteiger partial charge in [-0.25, -0.2) is 9.71 Å².